The van der Waals surface area contributed by atoms with Gasteiger partial charge in [0.25, 0.3) is 0 Å². The second-order valence-electron chi connectivity index (χ2n) is 4.43. The number of aromatic amines is 1. The van der Waals surface area contributed by atoms with Crippen molar-refractivity contribution in [3.8, 4) is 0 Å². The summed E-state index contributed by atoms with van der Waals surface area (Å²) < 4.78 is 0.902. The fourth-order valence-electron chi connectivity index (χ4n) is 1.76. The minimum absolute atomic E-state index is 0.00394. The van der Waals surface area contributed by atoms with Crippen molar-refractivity contribution in [3.05, 3.63) is 46.5 Å². The van der Waals surface area contributed by atoms with Gasteiger partial charge in [-0.25, -0.2) is 0 Å². The first-order chi connectivity index (χ1) is 10.7. The van der Waals surface area contributed by atoms with Crippen LogP contribution in [0.15, 0.2) is 42.0 Å². The van der Waals surface area contributed by atoms with E-state index in [1.54, 1.807) is 5.51 Å². The van der Waals surface area contributed by atoms with Crippen molar-refractivity contribution in [2.45, 2.75) is 19.8 Å². The number of carbonyl (C=O) groups excluding carboxylic acids is 1. The molecule has 2 heterocycles. The van der Waals surface area contributed by atoms with Gasteiger partial charge in [0.15, 0.2) is 0 Å². The van der Waals surface area contributed by atoms with Crippen LogP contribution in [0.2, 0.25) is 0 Å². The number of benzene rings is 1. The Labute approximate surface area is 137 Å². The maximum absolute atomic E-state index is 10.9. The Kier molecular flexibility index (Phi) is 6.17. The molecule has 0 saturated heterocycles. The summed E-state index contributed by atoms with van der Waals surface area (Å²) in [6.45, 7) is 1.96. The normalized spacial score (nSPS) is 9.86. The second kappa shape index (κ2) is 8.35. The molecule has 0 aliphatic heterocycles. The van der Waals surface area contributed by atoms with Crippen molar-refractivity contribution < 1.29 is 4.79 Å². The highest BCUT2D eigenvalue weighted by Gasteiger charge is 2.01. The largest absolute Gasteiger partial charge is 0.361 e. The molecule has 0 fully saturated rings. The number of fused-ring (bicyclic) bond motifs is 1. The summed E-state index contributed by atoms with van der Waals surface area (Å²) >= 11 is 6.46. The van der Waals surface area contributed by atoms with Crippen molar-refractivity contribution >= 4 is 45.5 Å². The highest BCUT2D eigenvalue weighted by Crippen LogP contribution is 2.11. The Balaban J connectivity index is 0.000000160. The number of anilines is 1. The predicted octanol–water partition coefficient (Wildman–Crippen LogP) is 4.17. The van der Waals surface area contributed by atoms with Crippen LogP contribution in [0.25, 0.3) is 10.9 Å². The quantitative estimate of drug-likeness (QED) is 0.706. The lowest BCUT2D eigenvalue weighted by Gasteiger charge is -1.96. The van der Waals surface area contributed by atoms with E-state index in [-0.39, 0.29) is 5.91 Å². The van der Waals surface area contributed by atoms with Gasteiger partial charge in [-0.2, -0.15) is 0 Å². The predicted molar refractivity (Wildman–Crippen MR) is 92.6 cm³/mol. The monoisotopic (exact) mass is 332 g/mol. The van der Waals surface area contributed by atoms with Gasteiger partial charge in [0, 0.05) is 28.0 Å². The number of H-pyrrole nitrogens is 1. The van der Waals surface area contributed by atoms with Gasteiger partial charge in [-0.3, -0.25) is 4.79 Å². The van der Waals surface area contributed by atoms with Gasteiger partial charge in [-0.05, 0) is 18.6 Å². The second-order valence-corrected chi connectivity index (χ2v) is 5.70. The Morgan fingerprint density at radius 3 is 2.86 bits per heavy atom. The standard InChI is InChI=1S/C9H7NS.C6H9N3OS/c11-9-5-6-10-8-4-2-1-3-7(8)9;1-2-3-5(10)8-6-9-7-4-11-6/h1-6H,(H,10,11);4H,2-3H2,1H3,(H,8,9,10). The third-order valence-electron chi connectivity index (χ3n) is 2.75. The van der Waals surface area contributed by atoms with Crippen molar-refractivity contribution in [2.75, 3.05) is 5.32 Å². The number of hydrogen-bond acceptors (Lipinski definition) is 5. The number of carbonyl (C=O) groups is 1. The minimum atomic E-state index is 0.00394. The number of rotatable bonds is 3. The Hall–Kier alpha value is -2.12. The van der Waals surface area contributed by atoms with Gasteiger partial charge in [0.1, 0.15) is 5.51 Å². The summed E-state index contributed by atoms with van der Waals surface area (Å²) in [6.07, 6.45) is 3.26. The van der Waals surface area contributed by atoms with E-state index in [0.29, 0.717) is 11.6 Å². The lowest BCUT2D eigenvalue weighted by molar-refractivity contribution is -0.116. The first kappa shape index (κ1) is 16.3. The number of nitrogens with zero attached hydrogens (tertiary/aromatic N) is 2. The lowest BCUT2D eigenvalue weighted by Crippen LogP contribution is -2.10. The molecular formula is C15H16N4OS2. The van der Waals surface area contributed by atoms with Gasteiger partial charge in [0.2, 0.25) is 11.0 Å². The molecule has 1 aromatic carbocycles. The van der Waals surface area contributed by atoms with Crippen LogP contribution in [0.1, 0.15) is 19.8 Å². The van der Waals surface area contributed by atoms with Crippen LogP contribution in [-0.4, -0.2) is 21.1 Å². The fraction of sp³-hybridized carbons (Fsp3) is 0.200. The molecule has 0 atom stereocenters. The van der Waals surface area contributed by atoms with Gasteiger partial charge in [0.05, 0.1) is 0 Å². The number of amides is 1. The number of hydrogen-bond donors (Lipinski definition) is 2. The molecule has 0 saturated carbocycles. The van der Waals surface area contributed by atoms with Crippen LogP contribution in [0.4, 0.5) is 5.13 Å². The van der Waals surface area contributed by atoms with E-state index in [1.165, 1.54) is 11.3 Å². The minimum Gasteiger partial charge on any atom is -0.361 e. The molecule has 0 spiro atoms. The van der Waals surface area contributed by atoms with Crippen LogP contribution in [0.5, 0.6) is 0 Å². The van der Waals surface area contributed by atoms with Crippen molar-refractivity contribution in [1.82, 2.24) is 15.2 Å². The molecule has 0 aliphatic rings. The number of pyridine rings is 1. The molecule has 3 rings (SSSR count). The third kappa shape index (κ3) is 4.71. The zero-order chi connectivity index (χ0) is 15.8. The maximum Gasteiger partial charge on any atom is 0.226 e. The van der Waals surface area contributed by atoms with Crippen LogP contribution >= 0.6 is 23.6 Å². The van der Waals surface area contributed by atoms with Crippen LogP contribution in [0.3, 0.4) is 0 Å². The van der Waals surface area contributed by atoms with Crippen LogP contribution in [-0.2, 0) is 4.79 Å². The molecule has 0 radical (unpaired) electrons. The maximum atomic E-state index is 10.9. The SMILES string of the molecule is CCCC(=O)Nc1nncs1.S=c1cc[nH]c2ccccc12. The van der Waals surface area contributed by atoms with Gasteiger partial charge >= 0.3 is 0 Å². The Morgan fingerprint density at radius 1 is 1.36 bits per heavy atom. The van der Waals surface area contributed by atoms with Crippen molar-refractivity contribution in [3.63, 3.8) is 0 Å². The number of aromatic nitrogens is 3. The van der Waals surface area contributed by atoms with Crippen molar-refractivity contribution in [1.29, 1.82) is 0 Å². The van der Waals surface area contributed by atoms with E-state index in [0.717, 1.165) is 21.8 Å². The smallest absolute Gasteiger partial charge is 0.226 e. The molecule has 2 N–H and O–H groups in total. The molecule has 3 aromatic rings. The van der Waals surface area contributed by atoms with Crippen molar-refractivity contribution in [2.24, 2.45) is 0 Å². The molecule has 114 valence electrons. The van der Waals surface area contributed by atoms with E-state index in [9.17, 15) is 4.79 Å². The van der Waals surface area contributed by atoms with E-state index in [1.807, 2.05) is 43.5 Å². The van der Waals surface area contributed by atoms with E-state index < -0.39 is 0 Å². The molecule has 22 heavy (non-hydrogen) atoms. The summed E-state index contributed by atoms with van der Waals surface area (Å²) in [4.78, 5) is 14.1. The number of nitrogens with one attached hydrogen (secondary N) is 2. The van der Waals surface area contributed by atoms with E-state index in [4.69, 9.17) is 12.2 Å². The summed E-state index contributed by atoms with van der Waals surface area (Å²) in [5.74, 6) is 0.00394. The zero-order valence-electron chi connectivity index (χ0n) is 12.1. The van der Waals surface area contributed by atoms with Crippen LogP contribution < -0.4 is 5.32 Å². The average molecular weight is 332 g/mol. The summed E-state index contributed by atoms with van der Waals surface area (Å²) in [5.41, 5.74) is 2.68. The molecular weight excluding hydrogens is 316 g/mol. The lowest BCUT2D eigenvalue weighted by atomic mass is 10.2. The fourth-order valence-corrected chi connectivity index (χ4v) is 2.46. The molecule has 2 aromatic heterocycles. The number of para-hydroxylation sites is 1. The van der Waals surface area contributed by atoms with Crippen LogP contribution in [0, 0.1) is 4.51 Å². The summed E-state index contributed by atoms with van der Waals surface area (Å²) in [7, 11) is 0. The third-order valence-corrected chi connectivity index (χ3v) is 3.71. The highest BCUT2D eigenvalue weighted by atomic mass is 32.1. The summed E-state index contributed by atoms with van der Waals surface area (Å²) in [5, 5.41) is 11.6. The Morgan fingerprint density at radius 2 is 2.18 bits per heavy atom. The first-order valence-corrected chi connectivity index (χ1v) is 8.12. The van der Waals surface area contributed by atoms with Gasteiger partial charge < -0.3 is 10.3 Å². The molecule has 0 bridgehead atoms. The van der Waals surface area contributed by atoms with Gasteiger partial charge in [-0.1, -0.05) is 48.7 Å². The average Bonchev–Trinajstić information content (AvgIpc) is 3.02. The molecule has 0 unspecified atom stereocenters. The van der Waals surface area contributed by atoms with Gasteiger partial charge in [-0.15, -0.1) is 10.2 Å². The first-order valence-electron chi connectivity index (χ1n) is 6.83. The summed E-state index contributed by atoms with van der Waals surface area (Å²) in [6, 6.07) is 9.93. The molecule has 0 aliphatic carbocycles. The van der Waals surface area contributed by atoms with E-state index >= 15 is 0 Å². The highest BCUT2D eigenvalue weighted by molar-refractivity contribution is 7.71. The zero-order valence-corrected chi connectivity index (χ0v) is 13.7. The molecule has 7 heteroatoms. The topological polar surface area (TPSA) is 70.7 Å². The molecule has 5 nitrogen and oxygen atoms in total. The Bertz CT molecular complexity index is 778. The van der Waals surface area contributed by atoms with E-state index in [2.05, 4.69) is 20.5 Å². The molecule has 1 amide bonds.